The third-order valence-corrected chi connectivity index (χ3v) is 4.53. The van der Waals surface area contributed by atoms with E-state index in [1.165, 1.54) is 24.3 Å². The standard InChI is InChI=1S/C22H17N3O6/c1-13-10-14(23-20(26)12-30-16-8-6-15(7-9-16)25(28)29)11-17(21(13)27)22-24-18-4-2-3-5-19(18)31-22/h2-11,27H,12H2,1H3,(H,23,26). The number of hydrogen-bond acceptors (Lipinski definition) is 7. The number of carbonyl (C=O) groups is 1. The van der Waals surface area contributed by atoms with E-state index in [2.05, 4.69) is 10.3 Å². The molecule has 0 saturated carbocycles. The molecule has 0 atom stereocenters. The number of ether oxygens (including phenoxy) is 1. The topological polar surface area (TPSA) is 128 Å². The van der Waals surface area contributed by atoms with Crippen molar-refractivity contribution in [1.82, 2.24) is 4.98 Å². The van der Waals surface area contributed by atoms with Crippen molar-refractivity contribution < 1.29 is 24.0 Å². The SMILES string of the molecule is Cc1cc(NC(=O)COc2ccc([N+](=O)[O-])cc2)cc(-c2nc3ccccc3o2)c1O. The zero-order valence-corrected chi connectivity index (χ0v) is 16.4. The summed E-state index contributed by atoms with van der Waals surface area (Å²) in [5, 5.41) is 23.8. The second-order valence-electron chi connectivity index (χ2n) is 6.76. The van der Waals surface area contributed by atoms with Gasteiger partial charge in [0.25, 0.3) is 11.6 Å². The van der Waals surface area contributed by atoms with Crippen LogP contribution in [0, 0.1) is 17.0 Å². The molecule has 31 heavy (non-hydrogen) atoms. The molecule has 0 aliphatic heterocycles. The molecule has 156 valence electrons. The Hall–Kier alpha value is -4.40. The quantitative estimate of drug-likeness (QED) is 0.269. The van der Waals surface area contributed by atoms with E-state index in [1.807, 2.05) is 12.1 Å². The molecular formula is C22H17N3O6. The number of carbonyl (C=O) groups excluding carboxylic acids is 1. The summed E-state index contributed by atoms with van der Waals surface area (Å²) in [6, 6.07) is 15.8. The second kappa shape index (κ2) is 8.15. The second-order valence-corrected chi connectivity index (χ2v) is 6.76. The van der Waals surface area contributed by atoms with Crippen molar-refractivity contribution in [3.8, 4) is 23.0 Å². The highest BCUT2D eigenvalue weighted by Crippen LogP contribution is 2.36. The highest BCUT2D eigenvalue weighted by atomic mass is 16.6. The molecule has 0 fully saturated rings. The third-order valence-electron chi connectivity index (χ3n) is 4.53. The van der Waals surface area contributed by atoms with E-state index in [0.717, 1.165) is 0 Å². The van der Waals surface area contributed by atoms with E-state index in [9.17, 15) is 20.0 Å². The molecule has 9 nitrogen and oxygen atoms in total. The molecule has 9 heteroatoms. The molecule has 4 rings (SSSR count). The minimum absolute atomic E-state index is 0.00619. The van der Waals surface area contributed by atoms with Gasteiger partial charge >= 0.3 is 0 Å². The zero-order valence-electron chi connectivity index (χ0n) is 16.4. The van der Waals surface area contributed by atoms with Gasteiger partial charge in [-0.25, -0.2) is 4.98 Å². The summed E-state index contributed by atoms with van der Waals surface area (Å²) in [4.78, 5) is 26.9. The number of aryl methyl sites for hydroxylation is 1. The number of nitrogens with zero attached hydrogens (tertiary/aromatic N) is 2. The van der Waals surface area contributed by atoms with Gasteiger partial charge in [0.05, 0.1) is 10.5 Å². The molecule has 4 aromatic rings. The van der Waals surface area contributed by atoms with Crippen LogP contribution in [-0.2, 0) is 4.79 Å². The lowest BCUT2D eigenvalue weighted by atomic mass is 10.1. The maximum Gasteiger partial charge on any atom is 0.269 e. The molecule has 0 aliphatic rings. The Morgan fingerprint density at radius 2 is 1.94 bits per heavy atom. The van der Waals surface area contributed by atoms with Crippen molar-refractivity contribution in [2.75, 3.05) is 11.9 Å². The molecule has 1 heterocycles. The van der Waals surface area contributed by atoms with Crippen molar-refractivity contribution in [1.29, 1.82) is 0 Å². The predicted octanol–water partition coefficient (Wildman–Crippen LogP) is 4.43. The van der Waals surface area contributed by atoms with Crippen LogP contribution < -0.4 is 10.1 Å². The first-order chi connectivity index (χ1) is 14.9. The van der Waals surface area contributed by atoms with Crippen molar-refractivity contribution >= 4 is 28.4 Å². The average molecular weight is 419 g/mol. The Balaban J connectivity index is 1.49. The van der Waals surface area contributed by atoms with E-state index in [-0.39, 0.29) is 23.9 Å². The fourth-order valence-corrected chi connectivity index (χ4v) is 3.01. The van der Waals surface area contributed by atoms with Gasteiger partial charge in [0.2, 0.25) is 5.89 Å². The molecule has 0 radical (unpaired) electrons. The first kappa shape index (κ1) is 19.9. The highest BCUT2D eigenvalue weighted by Gasteiger charge is 2.16. The number of phenols is 1. The van der Waals surface area contributed by atoms with Crippen molar-refractivity contribution in [2.24, 2.45) is 0 Å². The number of benzene rings is 3. The van der Waals surface area contributed by atoms with Gasteiger partial charge < -0.3 is 19.6 Å². The van der Waals surface area contributed by atoms with Crippen LogP contribution in [0.2, 0.25) is 0 Å². The Kier molecular flexibility index (Phi) is 5.23. The van der Waals surface area contributed by atoms with E-state index in [0.29, 0.717) is 33.7 Å². The summed E-state index contributed by atoms with van der Waals surface area (Å²) in [7, 11) is 0. The van der Waals surface area contributed by atoms with E-state index >= 15 is 0 Å². The molecule has 0 saturated heterocycles. The smallest absolute Gasteiger partial charge is 0.269 e. The number of para-hydroxylation sites is 2. The maximum absolute atomic E-state index is 12.3. The number of non-ortho nitro benzene ring substituents is 1. The maximum atomic E-state index is 12.3. The summed E-state index contributed by atoms with van der Waals surface area (Å²) in [6.45, 7) is 1.40. The van der Waals surface area contributed by atoms with Crippen molar-refractivity contribution in [2.45, 2.75) is 6.92 Å². The number of nitrogens with one attached hydrogen (secondary N) is 1. The lowest BCUT2D eigenvalue weighted by Gasteiger charge is -2.11. The molecular weight excluding hydrogens is 402 g/mol. The van der Waals surface area contributed by atoms with Crippen LogP contribution in [0.1, 0.15) is 5.56 Å². The zero-order chi connectivity index (χ0) is 22.0. The summed E-state index contributed by atoms with van der Waals surface area (Å²) >= 11 is 0. The Morgan fingerprint density at radius 3 is 2.65 bits per heavy atom. The van der Waals surface area contributed by atoms with Crippen LogP contribution in [0.5, 0.6) is 11.5 Å². The van der Waals surface area contributed by atoms with Gasteiger partial charge in [0.15, 0.2) is 12.2 Å². The summed E-state index contributed by atoms with van der Waals surface area (Å²) in [5.74, 6) is 0.133. The number of rotatable bonds is 6. The molecule has 0 aliphatic carbocycles. The average Bonchev–Trinajstić information content (AvgIpc) is 3.19. The first-order valence-electron chi connectivity index (χ1n) is 9.27. The van der Waals surface area contributed by atoms with Gasteiger partial charge in [-0.1, -0.05) is 12.1 Å². The highest BCUT2D eigenvalue weighted by molar-refractivity contribution is 5.93. The van der Waals surface area contributed by atoms with Crippen molar-refractivity contribution in [3.05, 3.63) is 76.3 Å². The number of aromatic nitrogens is 1. The van der Waals surface area contributed by atoms with Gasteiger partial charge in [-0.15, -0.1) is 0 Å². The lowest BCUT2D eigenvalue weighted by molar-refractivity contribution is -0.384. The van der Waals surface area contributed by atoms with Gasteiger partial charge in [0.1, 0.15) is 17.0 Å². The van der Waals surface area contributed by atoms with Crippen molar-refractivity contribution in [3.63, 3.8) is 0 Å². The molecule has 1 aromatic heterocycles. The monoisotopic (exact) mass is 419 g/mol. The van der Waals surface area contributed by atoms with Crippen LogP contribution in [0.3, 0.4) is 0 Å². The fraction of sp³-hybridized carbons (Fsp3) is 0.0909. The summed E-state index contributed by atoms with van der Waals surface area (Å²) < 4.78 is 11.1. The predicted molar refractivity (Wildman–Crippen MR) is 113 cm³/mol. The Labute approximate surface area is 176 Å². The number of nitro benzene ring substituents is 1. The largest absolute Gasteiger partial charge is 0.507 e. The molecule has 1 amide bonds. The Bertz CT molecular complexity index is 1250. The molecule has 0 unspecified atom stereocenters. The lowest BCUT2D eigenvalue weighted by Crippen LogP contribution is -2.20. The minimum Gasteiger partial charge on any atom is -0.507 e. The third kappa shape index (κ3) is 4.30. The normalized spacial score (nSPS) is 10.7. The van der Waals surface area contributed by atoms with Crippen LogP contribution in [0.25, 0.3) is 22.6 Å². The van der Waals surface area contributed by atoms with E-state index in [4.69, 9.17) is 9.15 Å². The number of phenolic OH excluding ortho intramolecular Hbond substituents is 1. The molecule has 0 bridgehead atoms. The van der Waals surface area contributed by atoms with E-state index < -0.39 is 10.8 Å². The number of anilines is 1. The van der Waals surface area contributed by atoms with Crippen LogP contribution >= 0.6 is 0 Å². The van der Waals surface area contributed by atoms with Gasteiger partial charge in [-0.3, -0.25) is 14.9 Å². The van der Waals surface area contributed by atoms with Gasteiger partial charge in [0, 0.05) is 17.8 Å². The van der Waals surface area contributed by atoms with Crippen LogP contribution in [0.4, 0.5) is 11.4 Å². The number of hydrogen-bond donors (Lipinski definition) is 2. The van der Waals surface area contributed by atoms with Gasteiger partial charge in [-0.05, 0) is 48.9 Å². The molecule has 3 aromatic carbocycles. The number of fused-ring (bicyclic) bond motifs is 1. The summed E-state index contributed by atoms with van der Waals surface area (Å²) in [6.07, 6.45) is 0. The number of oxazole rings is 1. The minimum atomic E-state index is -0.516. The number of nitro groups is 1. The summed E-state index contributed by atoms with van der Waals surface area (Å²) in [5.41, 5.74) is 2.49. The van der Waals surface area contributed by atoms with Gasteiger partial charge in [-0.2, -0.15) is 0 Å². The Morgan fingerprint density at radius 1 is 1.19 bits per heavy atom. The van der Waals surface area contributed by atoms with Crippen LogP contribution in [0.15, 0.2) is 65.1 Å². The van der Waals surface area contributed by atoms with E-state index in [1.54, 1.807) is 31.2 Å². The molecule has 0 spiro atoms. The first-order valence-corrected chi connectivity index (χ1v) is 9.27. The van der Waals surface area contributed by atoms with Crippen LogP contribution in [-0.4, -0.2) is 27.5 Å². The fourth-order valence-electron chi connectivity index (χ4n) is 3.01. The molecule has 2 N–H and O–H groups in total. The number of aromatic hydroxyl groups is 1. The number of amides is 1.